The number of hydrogen-bond donors (Lipinski definition) is 1. The van der Waals surface area contributed by atoms with Gasteiger partial charge in [-0.2, -0.15) is 0 Å². The van der Waals surface area contributed by atoms with Crippen LogP contribution >= 0.6 is 15.9 Å². The zero-order valence-electron chi connectivity index (χ0n) is 11.1. The van der Waals surface area contributed by atoms with Gasteiger partial charge in [0.2, 0.25) is 0 Å². The van der Waals surface area contributed by atoms with E-state index in [-0.39, 0.29) is 6.04 Å². The van der Waals surface area contributed by atoms with Gasteiger partial charge < -0.3 is 10.1 Å². The Labute approximate surface area is 124 Å². The Balaban J connectivity index is 2.51. The van der Waals surface area contributed by atoms with Crippen LogP contribution in [0.2, 0.25) is 0 Å². The number of rotatable bonds is 4. The summed E-state index contributed by atoms with van der Waals surface area (Å²) in [6.07, 6.45) is 0. The molecule has 0 bridgehead atoms. The maximum Gasteiger partial charge on any atom is 0.126 e. The van der Waals surface area contributed by atoms with Crippen molar-refractivity contribution in [2.75, 3.05) is 14.2 Å². The van der Waals surface area contributed by atoms with Crippen LogP contribution in [0.15, 0.2) is 40.9 Å². The monoisotopic (exact) mass is 341 g/mol. The lowest BCUT2D eigenvalue weighted by molar-refractivity contribution is 0.413. The molecule has 0 aliphatic carbocycles. The molecule has 0 aliphatic heterocycles. The number of methoxy groups -OCH3 is 1. The molecule has 0 spiro atoms. The van der Waals surface area contributed by atoms with Crippen molar-refractivity contribution in [2.45, 2.75) is 6.04 Å². The molecule has 1 N–H and O–H groups in total. The molecule has 2 nitrogen and oxygen atoms in total. The number of halogens is 3. The number of hydrogen-bond acceptors (Lipinski definition) is 2. The van der Waals surface area contributed by atoms with E-state index in [1.54, 1.807) is 14.2 Å². The quantitative estimate of drug-likeness (QED) is 0.905. The largest absolute Gasteiger partial charge is 0.497 e. The molecule has 2 aromatic rings. The van der Waals surface area contributed by atoms with Crippen molar-refractivity contribution in [1.82, 2.24) is 5.32 Å². The first-order valence-electron chi connectivity index (χ1n) is 6.02. The molecule has 20 heavy (non-hydrogen) atoms. The van der Waals surface area contributed by atoms with Crippen LogP contribution in [0.1, 0.15) is 17.2 Å². The highest BCUT2D eigenvalue weighted by atomic mass is 79.9. The minimum atomic E-state index is -0.598. The van der Waals surface area contributed by atoms with Crippen molar-refractivity contribution in [3.05, 3.63) is 63.6 Å². The highest BCUT2D eigenvalue weighted by molar-refractivity contribution is 9.10. The molecule has 0 saturated heterocycles. The highest BCUT2D eigenvalue weighted by Gasteiger charge is 2.17. The molecule has 2 rings (SSSR count). The number of benzene rings is 2. The van der Waals surface area contributed by atoms with Gasteiger partial charge in [-0.3, -0.25) is 0 Å². The average molecular weight is 342 g/mol. The summed E-state index contributed by atoms with van der Waals surface area (Å²) in [5, 5.41) is 3.06. The Morgan fingerprint density at radius 3 is 2.30 bits per heavy atom. The first-order valence-corrected chi connectivity index (χ1v) is 6.81. The average Bonchev–Trinajstić information content (AvgIpc) is 2.40. The molecule has 0 aliphatic rings. The molecule has 0 radical (unpaired) electrons. The first-order chi connectivity index (χ1) is 9.55. The molecule has 0 aromatic heterocycles. The summed E-state index contributed by atoms with van der Waals surface area (Å²) >= 11 is 3.45. The fraction of sp³-hybridized carbons (Fsp3) is 0.200. The predicted octanol–water partition coefficient (Wildman–Crippen LogP) is 4.04. The van der Waals surface area contributed by atoms with E-state index in [1.807, 2.05) is 18.2 Å². The molecule has 1 unspecified atom stereocenters. The SMILES string of the molecule is CNC(c1cc(F)cc(F)c1)c1cc(OC)ccc1Br. The molecule has 1 atom stereocenters. The summed E-state index contributed by atoms with van der Waals surface area (Å²) in [6, 6.07) is 8.63. The van der Waals surface area contributed by atoms with Gasteiger partial charge in [0.05, 0.1) is 13.2 Å². The van der Waals surface area contributed by atoms with Crippen LogP contribution in [0, 0.1) is 11.6 Å². The van der Waals surface area contributed by atoms with Crippen molar-refractivity contribution < 1.29 is 13.5 Å². The lowest BCUT2D eigenvalue weighted by atomic mass is 9.98. The van der Waals surface area contributed by atoms with Crippen LogP contribution in [-0.2, 0) is 0 Å². The number of nitrogens with one attached hydrogen (secondary N) is 1. The second-order valence-corrected chi connectivity index (χ2v) is 5.17. The highest BCUT2D eigenvalue weighted by Crippen LogP contribution is 2.32. The maximum absolute atomic E-state index is 13.4. The minimum Gasteiger partial charge on any atom is -0.497 e. The fourth-order valence-electron chi connectivity index (χ4n) is 2.11. The third-order valence-corrected chi connectivity index (χ3v) is 3.74. The Morgan fingerprint density at radius 2 is 1.75 bits per heavy atom. The van der Waals surface area contributed by atoms with Crippen LogP contribution < -0.4 is 10.1 Å². The fourth-order valence-corrected chi connectivity index (χ4v) is 2.59. The Bertz CT molecular complexity index is 599. The molecular formula is C15H14BrF2NO. The van der Waals surface area contributed by atoms with Gasteiger partial charge >= 0.3 is 0 Å². The van der Waals surface area contributed by atoms with Crippen molar-refractivity contribution >= 4 is 15.9 Å². The van der Waals surface area contributed by atoms with Gasteiger partial charge in [-0.05, 0) is 48.5 Å². The van der Waals surface area contributed by atoms with Gasteiger partial charge in [0, 0.05) is 10.5 Å². The standard InChI is InChI=1S/C15H14BrF2NO/c1-19-15(9-5-10(17)7-11(18)6-9)13-8-12(20-2)3-4-14(13)16/h3-8,15,19H,1-2H3. The van der Waals surface area contributed by atoms with Crippen LogP contribution in [0.25, 0.3) is 0 Å². The summed E-state index contributed by atoms with van der Waals surface area (Å²) in [6.45, 7) is 0. The van der Waals surface area contributed by atoms with Gasteiger partial charge in [-0.25, -0.2) is 8.78 Å². The van der Waals surface area contributed by atoms with E-state index in [9.17, 15) is 8.78 Å². The molecule has 2 aromatic carbocycles. The van der Waals surface area contributed by atoms with Crippen LogP contribution in [0.3, 0.4) is 0 Å². The third-order valence-electron chi connectivity index (χ3n) is 3.02. The van der Waals surface area contributed by atoms with Gasteiger partial charge in [-0.15, -0.1) is 0 Å². The number of ether oxygens (including phenoxy) is 1. The van der Waals surface area contributed by atoms with E-state index >= 15 is 0 Å². The second kappa shape index (κ2) is 6.33. The van der Waals surface area contributed by atoms with Gasteiger partial charge in [0.1, 0.15) is 17.4 Å². The summed E-state index contributed by atoms with van der Waals surface area (Å²) in [4.78, 5) is 0. The molecule has 106 valence electrons. The summed E-state index contributed by atoms with van der Waals surface area (Å²) in [7, 11) is 3.31. The minimum absolute atomic E-state index is 0.343. The maximum atomic E-state index is 13.4. The van der Waals surface area contributed by atoms with E-state index in [1.165, 1.54) is 12.1 Å². The van der Waals surface area contributed by atoms with E-state index < -0.39 is 11.6 Å². The Kier molecular flexibility index (Phi) is 4.73. The van der Waals surface area contributed by atoms with Gasteiger partial charge in [0.15, 0.2) is 0 Å². The Hall–Kier alpha value is -1.46. The molecular weight excluding hydrogens is 328 g/mol. The molecule has 0 fully saturated rings. The lowest BCUT2D eigenvalue weighted by Gasteiger charge is -2.19. The predicted molar refractivity (Wildman–Crippen MR) is 78.0 cm³/mol. The summed E-state index contributed by atoms with van der Waals surface area (Å²) in [5.41, 5.74) is 1.36. The van der Waals surface area contributed by atoms with Crippen molar-refractivity contribution in [3.63, 3.8) is 0 Å². The normalized spacial score (nSPS) is 12.2. The van der Waals surface area contributed by atoms with E-state index in [0.717, 1.165) is 16.1 Å². The van der Waals surface area contributed by atoms with Crippen molar-refractivity contribution in [2.24, 2.45) is 0 Å². The summed E-state index contributed by atoms with van der Waals surface area (Å²) < 4.78 is 32.8. The zero-order chi connectivity index (χ0) is 14.7. The van der Waals surface area contributed by atoms with Gasteiger partial charge in [-0.1, -0.05) is 15.9 Å². The first kappa shape index (κ1) is 14.9. The van der Waals surface area contributed by atoms with Crippen LogP contribution in [-0.4, -0.2) is 14.2 Å². The van der Waals surface area contributed by atoms with Crippen molar-refractivity contribution in [1.29, 1.82) is 0 Å². The van der Waals surface area contributed by atoms with E-state index in [4.69, 9.17) is 4.74 Å². The van der Waals surface area contributed by atoms with Crippen LogP contribution in [0.5, 0.6) is 5.75 Å². The molecule has 0 amide bonds. The Morgan fingerprint density at radius 1 is 1.10 bits per heavy atom. The zero-order valence-corrected chi connectivity index (χ0v) is 12.7. The van der Waals surface area contributed by atoms with E-state index in [0.29, 0.717) is 11.3 Å². The molecule has 5 heteroatoms. The van der Waals surface area contributed by atoms with Crippen molar-refractivity contribution in [3.8, 4) is 5.75 Å². The lowest BCUT2D eigenvalue weighted by Crippen LogP contribution is -2.18. The van der Waals surface area contributed by atoms with Gasteiger partial charge in [0.25, 0.3) is 0 Å². The van der Waals surface area contributed by atoms with Crippen LogP contribution in [0.4, 0.5) is 8.78 Å². The third kappa shape index (κ3) is 3.16. The molecule has 0 saturated carbocycles. The summed E-state index contributed by atoms with van der Waals surface area (Å²) in [5.74, 6) is -0.515. The topological polar surface area (TPSA) is 21.3 Å². The molecule has 0 heterocycles. The van der Waals surface area contributed by atoms with E-state index in [2.05, 4.69) is 21.2 Å². The smallest absolute Gasteiger partial charge is 0.126 e. The second-order valence-electron chi connectivity index (χ2n) is 4.31.